The Hall–Kier alpha value is -2.29. The molecule has 6 nitrogen and oxygen atoms in total. The Morgan fingerprint density at radius 3 is 2.25 bits per heavy atom. The normalized spacial score (nSPS) is 22.3. The average molecular weight is 537 g/mol. The summed E-state index contributed by atoms with van der Waals surface area (Å²) in [4.78, 5) is 38.9. The number of fused-ring (bicyclic) bond motifs is 1. The Morgan fingerprint density at radius 1 is 1.16 bits per heavy atom. The Kier molecular flexibility index (Phi) is 6.65. The molecule has 0 N–H and O–H groups in total. The summed E-state index contributed by atoms with van der Waals surface area (Å²) in [6.07, 6.45) is -0.679. The first-order valence-corrected chi connectivity index (χ1v) is 12.0. The molecule has 1 amide bonds. The fourth-order valence-electron chi connectivity index (χ4n) is 3.57. The van der Waals surface area contributed by atoms with E-state index in [-0.39, 0.29) is 12.3 Å². The molecule has 9 heteroatoms. The minimum absolute atomic E-state index is 0.0765. The number of benzene rings is 2. The molecule has 2 aliphatic heterocycles. The van der Waals surface area contributed by atoms with Gasteiger partial charge in [0.2, 0.25) is 3.78 Å². The number of carbonyl (C=O) groups excluding carboxylic acids is 3. The second kappa shape index (κ2) is 9.29. The van der Waals surface area contributed by atoms with E-state index < -0.39 is 33.1 Å². The highest BCUT2D eigenvalue weighted by molar-refractivity contribution is 9.11. The highest BCUT2D eigenvalue weighted by Crippen LogP contribution is 2.53. The van der Waals surface area contributed by atoms with Crippen molar-refractivity contribution in [3.8, 4) is 0 Å². The third-order valence-electron chi connectivity index (χ3n) is 5.11. The first-order chi connectivity index (χ1) is 15.3. The zero-order valence-electron chi connectivity index (χ0n) is 17.0. The maximum Gasteiger partial charge on any atom is 0.356 e. The van der Waals surface area contributed by atoms with Gasteiger partial charge in [0.1, 0.15) is 17.7 Å². The number of nitrogens with zero attached hydrogens (tertiary/aromatic N) is 1. The lowest BCUT2D eigenvalue weighted by Crippen LogP contribution is -2.68. The van der Waals surface area contributed by atoms with Crippen molar-refractivity contribution < 1.29 is 23.9 Å². The van der Waals surface area contributed by atoms with Gasteiger partial charge in [-0.05, 0) is 11.1 Å². The topological polar surface area (TPSA) is 72.9 Å². The zero-order chi connectivity index (χ0) is 22.9. The lowest BCUT2D eigenvalue weighted by atomic mass is 10.0. The number of thioether (sulfide) groups is 1. The summed E-state index contributed by atoms with van der Waals surface area (Å²) in [5.41, 5.74) is 2.16. The quantitative estimate of drug-likeness (QED) is 0.310. The second-order valence-electron chi connectivity index (χ2n) is 7.30. The number of halogens is 2. The number of ether oxygens (including phenoxy) is 2. The van der Waals surface area contributed by atoms with Crippen LogP contribution in [0.2, 0.25) is 0 Å². The average Bonchev–Trinajstić information content (AvgIpc) is 2.81. The molecule has 2 atom stereocenters. The predicted molar refractivity (Wildman–Crippen MR) is 125 cm³/mol. The van der Waals surface area contributed by atoms with Crippen LogP contribution in [0.1, 0.15) is 24.2 Å². The molecule has 0 radical (unpaired) electrons. The SMILES string of the molecule is CC(=O)OCC1=C(C(=O)OC(c2ccccc2)c2ccccc2)N2C(=O)[C@](Cl)(Br)[C@H]2SC1. The molecule has 1 saturated heterocycles. The number of hydrogen-bond acceptors (Lipinski definition) is 6. The number of rotatable bonds is 6. The third kappa shape index (κ3) is 4.31. The van der Waals surface area contributed by atoms with Crippen molar-refractivity contribution in [2.75, 3.05) is 12.4 Å². The fraction of sp³-hybridized carbons (Fsp3) is 0.261. The minimum atomic E-state index is -1.28. The zero-order valence-corrected chi connectivity index (χ0v) is 20.2. The van der Waals surface area contributed by atoms with Crippen LogP contribution in [0.15, 0.2) is 71.9 Å². The van der Waals surface area contributed by atoms with E-state index in [2.05, 4.69) is 15.9 Å². The monoisotopic (exact) mass is 535 g/mol. The van der Waals surface area contributed by atoms with Crippen molar-refractivity contribution in [1.29, 1.82) is 0 Å². The summed E-state index contributed by atoms with van der Waals surface area (Å²) in [5.74, 6) is -1.25. The largest absolute Gasteiger partial charge is 0.461 e. The highest BCUT2D eigenvalue weighted by atomic mass is 79.9. The third-order valence-corrected chi connectivity index (χ3v) is 8.08. The molecule has 0 unspecified atom stereocenters. The molecule has 1 fully saturated rings. The lowest BCUT2D eigenvalue weighted by molar-refractivity contribution is -0.152. The van der Waals surface area contributed by atoms with E-state index in [0.717, 1.165) is 11.1 Å². The van der Waals surface area contributed by atoms with E-state index in [9.17, 15) is 14.4 Å². The van der Waals surface area contributed by atoms with Crippen LogP contribution in [0.5, 0.6) is 0 Å². The van der Waals surface area contributed by atoms with E-state index in [1.807, 2.05) is 60.7 Å². The fourth-order valence-corrected chi connectivity index (χ4v) is 5.98. The number of β-lactam (4-membered cyclic amide) rings is 1. The molecule has 166 valence electrons. The van der Waals surface area contributed by atoms with E-state index in [1.54, 1.807) is 0 Å². The number of esters is 2. The van der Waals surface area contributed by atoms with Gasteiger partial charge in [-0.25, -0.2) is 4.79 Å². The van der Waals surface area contributed by atoms with E-state index in [0.29, 0.717) is 11.3 Å². The summed E-state index contributed by atoms with van der Waals surface area (Å²) in [5, 5.41) is -0.479. The van der Waals surface area contributed by atoms with Crippen LogP contribution in [0.4, 0.5) is 0 Å². The molecular formula is C23H19BrClNO5S. The molecule has 0 aliphatic carbocycles. The molecule has 32 heavy (non-hydrogen) atoms. The number of amides is 1. The van der Waals surface area contributed by atoms with Crippen molar-refractivity contribution in [2.45, 2.75) is 22.2 Å². The molecule has 0 aromatic heterocycles. The Balaban J connectivity index is 1.70. The van der Waals surface area contributed by atoms with Crippen LogP contribution >= 0.6 is 39.3 Å². The summed E-state index contributed by atoms with van der Waals surface area (Å²) in [7, 11) is 0. The van der Waals surface area contributed by atoms with Gasteiger partial charge in [-0.15, -0.1) is 11.8 Å². The molecule has 2 aromatic rings. The lowest BCUT2D eigenvalue weighted by Gasteiger charge is -2.51. The number of hydrogen-bond donors (Lipinski definition) is 0. The summed E-state index contributed by atoms with van der Waals surface area (Å²) in [6, 6.07) is 18.7. The van der Waals surface area contributed by atoms with Crippen LogP contribution in [-0.4, -0.2) is 44.3 Å². The van der Waals surface area contributed by atoms with Crippen molar-refractivity contribution in [2.24, 2.45) is 0 Å². The summed E-state index contributed by atoms with van der Waals surface area (Å²) < 4.78 is 9.82. The van der Waals surface area contributed by atoms with Gasteiger partial charge >= 0.3 is 11.9 Å². The van der Waals surface area contributed by atoms with E-state index in [4.69, 9.17) is 21.1 Å². The van der Waals surface area contributed by atoms with Gasteiger partial charge in [0.25, 0.3) is 5.91 Å². The van der Waals surface area contributed by atoms with E-state index >= 15 is 0 Å². The molecule has 0 saturated carbocycles. The Labute approximate surface area is 203 Å². The second-order valence-corrected chi connectivity index (χ2v) is 10.7. The van der Waals surface area contributed by atoms with Gasteiger partial charge in [-0.1, -0.05) is 88.2 Å². The molecular weight excluding hydrogens is 518 g/mol. The van der Waals surface area contributed by atoms with Crippen LogP contribution < -0.4 is 0 Å². The van der Waals surface area contributed by atoms with Gasteiger partial charge in [-0.3, -0.25) is 14.5 Å². The minimum Gasteiger partial charge on any atom is -0.461 e. The molecule has 2 heterocycles. The first-order valence-electron chi connectivity index (χ1n) is 9.80. The van der Waals surface area contributed by atoms with Crippen molar-refractivity contribution in [3.63, 3.8) is 0 Å². The first kappa shape index (κ1) is 22.9. The van der Waals surface area contributed by atoms with Crippen LogP contribution in [0, 0.1) is 0 Å². The van der Waals surface area contributed by atoms with Crippen LogP contribution in [0.25, 0.3) is 0 Å². The standard InChI is InChI=1S/C23H19BrClNO5S/c1-14(27)30-12-17-13-32-22-23(24,25)21(29)26(22)18(17)20(28)31-19(15-8-4-2-5-9-15)16-10-6-3-7-11-16/h2-11,19,22H,12-13H2,1H3/t22-,23-/m1/s1. The smallest absolute Gasteiger partial charge is 0.356 e. The Morgan fingerprint density at radius 2 is 1.72 bits per heavy atom. The van der Waals surface area contributed by atoms with Gasteiger partial charge in [0.05, 0.1) is 0 Å². The maximum atomic E-state index is 13.5. The maximum absolute atomic E-state index is 13.5. The van der Waals surface area contributed by atoms with E-state index in [1.165, 1.54) is 23.6 Å². The van der Waals surface area contributed by atoms with Crippen LogP contribution in [-0.2, 0) is 23.9 Å². The molecule has 4 rings (SSSR count). The predicted octanol–water partition coefficient (Wildman–Crippen LogP) is 4.38. The molecule has 2 aliphatic rings. The number of carbonyl (C=O) groups is 3. The van der Waals surface area contributed by atoms with Crippen molar-refractivity contribution in [3.05, 3.63) is 83.1 Å². The van der Waals surface area contributed by atoms with Gasteiger partial charge in [-0.2, -0.15) is 0 Å². The van der Waals surface area contributed by atoms with Crippen molar-refractivity contribution >= 4 is 57.1 Å². The van der Waals surface area contributed by atoms with Gasteiger partial charge < -0.3 is 9.47 Å². The Bertz CT molecular complexity index is 1040. The molecule has 2 aromatic carbocycles. The highest BCUT2D eigenvalue weighted by Gasteiger charge is 2.63. The van der Waals surface area contributed by atoms with Crippen LogP contribution in [0.3, 0.4) is 0 Å². The van der Waals surface area contributed by atoms with Gasteiger partial charge in [0.15, 0.2) is 6.10 Å². The molecule has 0 spiro atoms. The molecule has 0 bridgehead atoms. The number of alkyl halides is 2. The summed E-state index contributed by atoms with van der Waals surface area (Å²) in [6.45, 7) is 1.18. The van der Waals surface area contributed by atoms with Gasteiger partial charge in [0, 0.05) is 18.2 Å². The summed E-state index contributed by atoms with van der Waals surface area (Å²) >= 11 is 10.9. The van der Waals surface area contributed by atoms with Crippen molar-refractivity contribution in [1.82, 2.24) is 4.90 Å².